The van der Waals surface area contributed by atoms with Crippen LogP contribution in [-0.4, -0.2) is 28.1 Å². The fraction of sp³-hybridized carbons (Fsp3) is 0.222. The molecule has 2 aliphatic heterocycles. The summed E-state index contributed by atoms with van der Waals surface area (Å²) in [7, 11) is 0. The Labute approximate surface area is 71.9 Å². The molecule has 0 amide bonds. The van der Waals surface area contributed by atoms with Gasteiger partial charge in [-0.05, 0) is 12.2 Å². The largest absolute Gasteiger partial charge is 0.395 e. The van der Waals surface area contributed by atoms with Crippen molar-refractivity contribution in [1.82, 2.24) is 9.80 Å². The van der Waals surface area contributed by atoms with Crippen LogP contribution in [0.15, 0.2) is 36.3 Å². The smallest absolute Gasteiger partial charge is 0.212 e. The molecule has 2 aliphatic rings. The van der Waals surface area contributed by atoms with Crippen LogP contribution in [0.25, 0.3) is 0 Å². The molecule has 2 rings (SSSR count). The third kappa shape index (κ3) is 1.23. The van der Waals surface area contributed by atoms with E-state index in [1.54, 1.807) is 0 Å². The standard InChI is InChI=1S/C9H10N2O/c12-6-5-10-7-9-3-1-2-4-11(9)8-10/h1-4,7,12H,5-6H2. The number of aliphatic hydroxyl groups is 1. The van der Waals surface area contributed by atoms with Gasteiger partial charge in [-0.1, -0.05) is 6.08 Å². The summed E-state index contributed by atoms with van der Waals surface area (Å²) in [5, 5.41) is 8.69. The van der Waals surface area contributed by atoms with Crippen LogP contribution >= 0.6 is 0 Å². The molecule has 62 valence electrons. The van der Waals surface area contributed by atoms with Crippen molar-refractivity contribution in [3.05, 3.63) is 43.0 Å². The van der Waals surface area contributed by atoms with E-state index in [0.717, 1.165) is 5.70 Å². The maximum absolute atomic E-state index is 8.69. The first-order valence-electron chi connectivity index (χ1n) is 3.90. The number of β-amino-alcohol motifs (C(OH)–C–C–N with tert-alkyl or cyclic N) is 1. The van der Waals surface area contributed by atoms with E-state index in [9.17, 15) is 0 Å². The van der Waals surface area contributed by atoms with Crippen molar-refractivity contribution in [2.24, 2.45) is 0 Å². The highest BCUT2D eigenvalue weighted by molar-refractivity contribution is 5.31. The van der Waals surface area contributed by atoms with E-state index < -0.39 is 0 Å². The van der Waals surface area contributed by atoms with Crippen molar-refractivity contribution in [3.63, 3.8) is 0 Å². The molecule has 0 aromatic rings. The molecule has 0 spiro atoms. The average Bonchev–Trinajstić information content (AvgIpc) is 2.47. The van der Waals surface area contributed by atoms with Gasteiger partial charge >= 0.3 is 0 Å². The highest BCUT2D eigenvalue weighted by Crippen LogP contribution is 2.22. The first-order valence-corrected chi connectivity index (χ1v) is 3.90. The lowest BCUT2D eigenvalue weighted by Crippen LogP contribution is -2.20. The number of nitrogens with zero attached hydrogens (tertiary/aromatic N) is 2. The van der Waals surface area contributed by atoms with Crippen LogP contribution in [0.4, 0.5) is 0 Å². The summed E-state index contributed by atoms with van der Waals surface area (Å²) in [4.78, 5) is 3.74. The summed E-state index contributed by atoms with van der Waals surface area (Å²) in [6.07, 6.45) is 9.82. The molecule has 0 aromatic carbocycles. The predicted molar refractivity (Wildman–Crippen MR) is 45.2 cm³/mol. The van der Waals surface area contributed by atoms with Gasteiger partial charge in [0, 0.05) is 18.9 Å². The Bertz CT molecular complexity index is 255. The normalized spacial score (nSPS) is 19.9. The van der Waals surface area contributed by atoms with E-state index in [2.05, 4.69) is 6.67 Å². The van der Waals surface area contributed by atoms with Gasteiger partial charge in [0.1, 0.15) is 0 Å². The molecule has 1 N–H and O–H groups in total. The second-order valence-electron chi connectivity index (χ2n) is 2.64. The summed E-state index contributed by atoms with van der Waals surface area (Å²) in [6, 6.07) is 0. The van der Waals surface area contributed by atoms with Crippen LogP contribution in [-0.2, 0) is 0 Å². The third-order valence-electron chi connectivity index (χ3n) is 1.76. The fourth-order valence-corrected chi connectivity index (χ4v) is 1.20. The second-order valence-corrected chi connectivity index (χ2v) is 2.64. The van der Waals surface area contributed by atoms with Gasteiger partial charge in [0.15, 0.2) is 0 Å². The van der Waals surface area contributed by atoms with Gasteiger partial charge in [-0.3, -0.25) is 0 Å². The molecule has 0 bridgehead atoms. The number of hydrogen-bond donors (Lipinski definition) is 1. The SMILES string of the molecule is OCCN1[C]N2C=CC=CC2=C1. The quantitative estimate of drug-likeness (QED) is 0.641. The second kappa shape index (κ2) is 3.03. The Morgan fingerprint density at radius 3 is 3.08 bits per heavy atom. The molecule has 0 fully saturated rings. The van der Waals surface area contributed by atoms with E-state index in [0.29, 0.717) is 6.54 Å². The summed E-state index contributed by atoms with van der Waals surface area (Å²) in [5.41, 5.74) is 1.09. The fourth-order valence-electron chi connectivity index (χ4n) is 1.20. The zero-order valence-electron chi connectivity index (χ0n) is 6.64. The van der Waals surface area contributed by atoms with Gasteiger partial charge in [-0.2, -0.15) is 0 Å². The lowest BCUT2D eigenvalue weighted by molar-refractivity contribution is 0.247. The Morgan fingerprint density at radius 1 is 1.42 bits per heavy atom. The van der Waals surface area contributed by atoms with Crippen LogP contribution in [0.2, 0.25) is 0 Å². The molecule has 12 heavy (non-hydrogen) atoms. The minimum absolute atomic E-state index is 0.151. The average molecular weight is 162 g/mol. The minimum atomic E-state index is 0.151. The number of fused-ring (bicyclic) bond motifs is 1. The van der Waals surface area contributed by atoms with Crippen molar-refractivity contribution in [2.75, 3.05) is 13.2 Å². The third-order valence-corrected chi connectivity index (χ3v) is 1.76. The van der Waals surface area contributed by atoms with Gasteiger partial charge < -0.3 is 14.9 Å². The molecule has 0 saturated heterocycles. The Morgan fingerprint density at radius 2 is 2.33 bits per heavy atom. The topological polar surface area (TPSA) is 26.7 Å². The van der Waals surface area contributed by atoms with E-state index in [-0.39, 0.29) is 6.61 Å². The van der Waals surface area contributed by atoms with Gasteiger partial charge in [-0.15, -0.1) is 0 Å². The maximum atomic E-state index is 8.69. The molecule has 0 atom stereocenters. The Balaban J connectivity index is 2.07. The van der Waals surface area contributed by atoms with Gasteiger partial charge in [-0.25, -0.2) is 0 Å². The molecule has 0 aromatic heterocycles. The van der Waals surface area contributed by atoms with Gasteiger partial charge in [0.2, 0.25) is 6.67 Å². The monoisotopic (exact) mass is 162 g/mol. The van der Waals surface area contributed by atoms with Crippen LogP contribution in [0, 0.1) is 6.67 Å². The number of rotatable bonds is 2. The molecule has 2 radical (unpaired) electrons. The Hall–Kier alpha value is -1.22. The van der Waals surface area contributed by atoms with Crippen molar-refractivity contribution in [2.45, 2.75) is 0 Å². The van der Waals surface area contributed by atoms with Crippen molar-refractivity contribution < 1.29 is 5.11 Å². The number of aliphatic hydroxyl groups excluding tert-OH is 1. The lowest BCUT2D eigenvalue weighted by Gasteiger charge is -2.16. The van der Waals surface area contributed by atoms with E-state index in [1.807, 2.05) is 40.4 Å². The van der Waals surface area contributed by atoms with Crippen LogP contribution in [0.5, 0.6) is 0 Å². The van der Waals surface area contributed by atoms with E-state index in [4.69, 9.17) is 5.11 Å². The van der Waals surface area contributed by atoms with Crippen LogP contribution in [0.1, 0.15) is 0 Å². The minimum Gasteiger partial charge on any atom is -0.395 e. The highest BCUT2D eigenvalue weighted by Gasteiger charge is 2.19. The van der Waals surface area contributed by atoms with Crippen LogP contribution in [0.3, 0.4) is 0 Å². The summed E-state index contributed by atoms with van der Waals surface area (Å²) >= 11 is 0. The summed E-state index contributed by atoms with van der Waals surface area (Å²) in [6.45, 7) is 3.82. The first-order chi connectivity index (χ1) is 5.90. The number of hydrogen-bond acceptors (Lipinski definition) is 3. The summed E-state index contributed by atoms with van der Waals surface area (Å²) < 4.78 is 0. The van der Waals surface area contributed by atoms with Gasteiger partial charge in [0.25, 0.3) is 0 Å². The number of allylic oxidation sites excluding steroid dienone is 3. The predicted octanol–water partition coefficient (Wildman–Crippen LogP) is 0.517. The zero-order valence-corrected chi connectivity index (χ0v) is 6.64. The highest BCUT2D eigenvalue weighted by atomic mass is 16.3. The van der Waals surface area contributed by atoms with E-state index in [1.165, 1.54) is 0 Å². The van der Waals surface area contributed by atoms with Crippen LogP contribution < -0.4 is 0 Å². The first kappa shape index (κ1) is 7.43. The lowest BCUT2D eigenvalue weighted by atomic mass is 10.3. The summed E-state index contributed by atoms with van der Waals surface area (Å²) in [5.74, 6) is 0. The maximum Gasteiger partial charge on any atom is 0.212 e. The van der Waals surface area contributed by atoms with Crippen molar-refractivity contribution in [3.8, 4) is 0 Å². The molecule has 0 unspecified atom stereocenters. The molecular weight excluding hydrogens is 152 g/mol. The van der Waals surface area contributed by atoms with Crippen molar-refractivity contribution >= 4 is 0 Å². The Kier molecular flexibility index (Phi) is 1.87. The van der Waals surface area contributed by atoms with E-state index >= 15 is 0 Å². The molecule has 3 nitrogen and oxygen atoms in total. The molecule has 3 heteroatoms. The van der Waals surface area contributed by atoms with Gasteiger partial charge in [0.05, 0.1) is 12.3 Å². The molecule has 0 saturated carbocycles. The molecular formula is C9H10N2O. The zero-order chi connectivity index (χ0) is 8.39. The van der Waals surface area contributed by atoms with Crippen molar-refractivity contribution in [1.29, 1.82) is 0 Å². The molecule has 0 aliphatic carbocycles. The molecule has 2 heterocycles.